The Kier molecular flexibility index (Phi) is 6.15. The van der Waals surface area contributed by atoms with Crippen LogP contribution in [-0.2, 0) is 11.4 Å². The van der Waals surface area contributed by atoms with Crippen LogP contribution >= 0.6 is 0 Å². The normalized spacial score (nSPS) is 16.2. The van der Waals surface area contributed by atoms with E-state index >= 15 is 0 Å². The molecular formula is C22H25F2N3O2. The van der Waals surface area contributed by atoms with Gasteiger partial charge in [0.25, 0.3) is 0 Å². The average Bonchev–Trinajstić information content (AvgIpc) is 3.10. The number of carbonyl (C=O) groups is 1. The van der Waals surface area contributed by atoms with Gasteiger partial charge in [0.15, 0.2) is 6.10 Å². The Labute approximate surface area is 169 Å². The molecule has 1 atom stereocenters. The third-order valence-corrected chi connectivity index (χ3v) is 4.42. The van der Waals surface area contributed by atoms with Gasteiger partial charge >= 0.3 is 6.03 Å². The van der Waals surface area contributed by atoms with Crippen LogP contribution in [0.15, 0.2) is 53.7 Å². The molecule has 5 nitrogen and oxygen atoms in total. The van der Waals surface area contributed by atoms with Crippen LogP contribution in [0.1, 0.15) is 38.3 Å². The maximum Gasteiger partial charge on any atom is 0.318 e. The minimum atomic E-state index is -0.434. The highest BCUT2D eigenvalue weighted by atomic mass is 19.1. The Morgan fingerprint density at radius 2 is 1.86 bits per heavy atom. The topological polar surface area (TPSA) is 53.9 Å². The zero-order chi connectivity index (χ0) is 21.0. The molecule has 154 valence electrons. The lowest BCUT2D eigenvalue weighted by Gasteiger charge is -2.29. The van der Waals surface area contributed by atoms with Crippen LogP contribution in [0.4, 0.5) is 13.6 Å². The van der Waals surface area contributed by atoms with Gasteiger partial charge in [0.1, 0.15) is 11.6 Å². The molecule has 3 rings (SSSR count). The highest BCUT2D eigenvalue weighted by Crippen LogP contribution is 2.20. The predicted octanol–water partition coefficient (Wildman–Crippen LogP) is 4.47. The summed E-state index contributed by atoms with van der Waals surface area (Å²) in [6.45, 7) is 6.00. The fourth-order valence-electron chi connectivity index (χ4n) is 3.04. The van der Waals surface area contributed by atoms with Crippen molar-refractivity contribution in [2.24, 2.45) is 5.16 Å². The molecule has 0 aliphatic carbocycles. The van der Waals surface area contributed by atoms with Crippen LogP contribution in [0, 0.1) is 11.6 Å². The summed E-state index contributed by atoms with van der Waals surface area (Å²) in [4.78, 5) is 19.8. The average molecular weight is 401 g/mol. The van der Waals surface area contributed by atoms with Gasteiger partial charge in [-0.05, 0) is 44.5 Å². The van der Waals surface area contributed by atoms with Gasteiger partial charge in [0, 0.05) is 17.5 Å². The lowest BCUT2D eigenvalue weighted by atomic mass is 10.0. The second-order valence-corrected chi connectivity index (χ2v) is 8.13. The van der Waals surface area contributed by atoms with E-state index in [2.05, 4.69) is 10.5 Å². The minimum Gasteiger partial charge on any atom is -0.390 e. The van der Waals surface area contributed by atoms with Gasteiger partial charge in [-0.1, -0.05) is 35.5 Å². The Bertz CT molecular complexity index is 892. The van der Waals surface area contributed by atoms with Crippen LogP contribution in [0.5, 0.6) is 0 Å². The molecule has 1 aliphatic heterocycles. The molecule has 29 heavy (non-hydrogen) atoms. The molecule has 1 heterocycles. The van der Waals surface area contributed by atoms with E-state index in [4.69, 9.17) is 4.84 Å². The number of rotatable bonds is 5. The monoisotopic (exact) mass is 401 g/mol. The van der Waals surface area contributed by atoms with Crippen molar-refractivity contribution in [1.82, 2.24) is 10.2 Å². The molecule has 0 unspecified atom stereocenters. The summed E-state index contributed by atoms with van der Waals surface area (Å²) in [6, 6.07) is 12.1. The van der Waals surface area contributed by atoms with Crippen molar-refractivity contribution < 1.29 is 18.4 Å². The SMILES string of the molecule is CC(C)(C)NC(=O)N(Cc1ccccc1F)C[C@@H]1CC(c2ccc(F)cc2)=NO1. The molecule has 1 aliphatic rings. The number of carbonyl (C=O) groups excluding carboxylic acids is 1. The van der Waals surface area contributed by atoms with Crippen molar-refractivity contribution in [2.45, 2.75) is 45.4 Å². The van der Waals surface area contributed by atoms with Gasteiger partial charge in [0.05, 0.1) is 18.8 Å². The number of urea groups is 1. The second-order valence-electron chi connectivity index (χ2n) is 8.13. The van der Waals surface area contributed by atoms with Crippen LogP contribution in [-0.4, -0.2) is 34.8 Å². The lowest BCUT2D eigenvalue weighted by molar-refractivity contribution is 0.0578. The molecule has 0 bridgehead atoms. The van der Waals surface area contributed by atoms with Crippen molar-refractivity contribution in [2.75, 3.05) is 6.54 Å². The molecule has 0 saturated carbocycles. The first-order chi connectivity index (χ1) is 13.7. The molecular weight excluding hydrogens is 376 g/mol. The van der Waals surface area contributed by atoms with E-state index in [-0.39, 0.29) is 36.9 Å². The predicted molar refractivity (Wildman–Crippen MR) is 108 cm³/mol. The molecule has 0 aromatic heterocycles. The number of nitrogens with zero attached hydrogens (tertiary/aromatic N) is 2. The van der Waals surface area contributed by atoms with E-state index < -0.39 is 5.54 Å². The Balaban J connectivity index is 1.71. The van der Waals surface area contributed by atoms with E-state index in [0.29, 0.717) is 17.7 Å². The van der Waals surface area contributed by atoms with Gasteiger partial charge in [-0.25, -0.2) is 13.6 Å². The Hall–Kier alpha value is -2.96. The third-order valence-electron chi connectivity index (χ3n) is 4.42. The Morgan fingerprint density at radius 3 is 2.52 bits per heavy atom. The number of amides is 2. The molecule has 0 saturated heterocycles. The van der Waals surface area contributed by atoms with Gasteiger partial charge in [-0.3, -0.25) is 0 Å². The molecule has 1 N–H and O–H groups in total. The maximum atomic E-state index is 14.1. The van der Waals surface area contributed by atoms with Gasteiger partial charge in [0.2, 0.25) is 0 Å². The minimum absolute atomic E-state index is 0.111. The summed E-state index contributed by atoms with van der Waals surface area (Å²) in [7, 11) is 0. The maximum absolute atomic E-state index is 14.1. The lowest BCUT2D eigenvalue weighted by Crippen LogP contribution is -2.50. The standard InChI is InChI=1S/C22H25F2N3O2/c1-22(2,3)25-21(28)27(13-16-6-4-5-7-19(16)24)14-18-12-20(26-29-18)15-8-10-17(23)11-9-15/h4-11,18H,12-14H2,1-3H3,(H,25,28)/t18-/m0/s1. The van der Waals surface area contributed by atoms with Gasteiger partial charge < -0.3 is 15.1 Å². The van der Waals surface area contributed by atoms with E-state index in [1.54, 1.807) is 30.3 Å². The summed E-state index contributed by atoms with van der Waals surface area (Å²) in [5.74, 6) is -0.684. The van der Waals surface area contributed by atoms with Crippen LogP contribution in [0.2, 0.25) is 0 Å². The van der Waals surface area contributed by atoms with Gasteiger partial charge in [-0.15, -0.1) is 0 Å². The number of benzene rings is 2. The summed E-state index contributed by atoms with van der Waals surface area (Å²) < 4.78 is 27.3. The number of oxime groups is 1. The van der Waals surface area contributed by atoms with Crippen molar-refractivity contribution in [3.8, 4) is 0 Å². The molecule has 2 aromatic rings. The van der Waals surface area contributed by atoms with Crippen molar-refractivity contribution in [3.05, 3.63) is 71.3 Å². The fraction of sp³-hybridized carbons (Fsp3) is 0.364. The first-order valence-electron chi connectivity index (χ1n) is 9.50. The van der Waals surface area contributed by atoms with E-state index in [1.807, 2.05) is 20.8 Å². The smallest absolute Gasteiger partial charge is 0.318 e. The van der Waals surface area contributed by atoms with Crippen LogP contribution in [0.25, 0.3) is 0 Å². The number of halogens is 2. The summed E-state index contributed by atoms with van der Waals surface area (Å²) in [6.07, 6.45) is 0.106. The largest absolute Gasteiger partial charge is 0.390 e. The Morgan fingerprint density at radius 1 is 1.17 bits per heavy atom. The first-order valence-corrected chi connectivity index (χ1v) is 9.50. The number of hydrogen-bond donors (Lipinski definition) is 1. The third kappa shape index (κ3) is 5.76. The van der Waals surface area contributed by atoms with Crippen LogP contribution < -0.4 is 5.32 Å². The highest BCUT2D eigenvalue weighted by molar-refractivity contribution is 6.01. The highest BCUT2D eigenvalue weighted by Gasteiger charge is 2.28. The van der Waals surface area contributed by atoms with Gasteiger partial charge in [-0.2, -0.15) is 0 Å². The number of hydrogen-bond acceptors (Lipinski definition) is 3. The number of nitrogens with one attached hydrogen (secondary N) is 1. The zero-order valence-electron chi connectivity index (χ0n) is 16.8. The van der Waals surface area contributed by atoms with Crippen molar-refractivity contribution in [1.29, 1.82) is 0 Å². The summed E-state index contributed by atoms with van der Waals surface area (Å²) in [5.41, 5.74) is 1.46. The van der Waals surface area contributed by atoms with Crippen LogP contribution in [0.3, 0.4) is 0 Å². The quantitative estimate of drug-likeness (QED) is 0.804. The first kappa shape index (κ1) is 20.8. The molecule has 0 fully saturated rings. The fourth-order valence-corrected chi connectivity index (χ4v) is 3.04. The second kappa shape index (κ2) is 8.59. The van der Waals surface area contributed by atoms with Crippen molar-refractivity contribution >= 4 is 11.7 Å². The summed E-state index contributed by atoms with van der Waals surface area (Å²) >= 11 is 0. The van der Waals surface area contributed by atoms with E-state index in [9.17, 15) is 13.6 Å². The van der Waals surface area contributed by atoms with E-state index in [1.165, 1.54) is 23.1 Å². The summed E-state index contributed by atoms with van der Waals surface area (Å²) in [5, 5.41) is 7.00. The molecule has 2 aromatic carbocycles. The zero-order valence-corrected chi connectivity index (χ0v) is 16.8. The van der Waals surface area contributed by atoms with E-state index in [0.717, 1.165) is 5.56 Å². The molecule has 0 radical (unpaired) electrons. The molecule has 2 amide bonds. The molecule has 0 spiro atoms. The van der Waals surface area contributed by atoms with Crippen molar-refractivity contribution in [3.63, 3.8) is 0 Å². The molecule has 7 heteroatoms.